The van der Waals surface area contributed by atoms with E-state index in [1.807, 2.05) is 18.2 Å². The van der Waals surface area contributed by atoms with Crippen LogP contribution < -0.4 is 20.2 Å². The highest BCUT2D eigenvalue weighted by molar-refractivity contribution is 9.10. The lowest BCUT2D eigenvalue weighted by Gasteiger charge is -2.14. The van der Waals surface area contributed by atoms with E-state index in [0.29, 0.717) is 42.3 Å². The summed E-state index contributed by atoms with van der Waals surface area (Å²) in [5.41, 5.74) is 4.20. The first kappa shape index (κ1) is 26.8. The molecule has 35 heavy (non-hydrogen) atoms. The van der Waals surface area contributed by atoms with Gasteiger partial charge in [-0.2, -0.15) is 5.10 Å². The third-order valence-corrected chi connectivity index (χ3v) is 6.21. The number of carbonyl (C=O) groups is 2. The second-order valence-electron chi connectivity index (χ2n) is 7.06. The van der Waals surface area contributed by atoms with Gasteiger partial charge in [0.25, 0.3) is 0 Å². The zero-order valence-corrected chi connectivity index (χ0v) is 22.1. The first-order valence-corrected chi connectivity index (χ1v) is 12.0. The van der Waals surface area contributed by atoms with Crippen LogP contribution in [0.3, 0.4) is 0 Å². The van der Waals surface area contributed by atoms with Crippen LogP contribution in [0.4, 0.5) is 5.69 Å². The van der Waals surface area contributed by atoms with Crippen LogP contribution in [0.1, 0.15) is 17.5 Å². The van der Waals surface area contributed by atoms with Gasteiger partial charge in [0, 0.05) is 16.3 Å². The standard InChI is InChI=1S/C24H19BrCl3N3O4/c1-34-21-9-14(8-17(25)24(21)35-13-15-4-2-3-5-18(15)26)12-29-31-23(33)11-22(32)30-16-6-7-19(27)20(28)10-16/h2-10,12H,11,13H2,1H3,(H,30,32)(H,31,33). The van der Waals surface area contributed by atoms with E-state index in [4.69, 9.17) is 44.3 Å². The highest BCUT2D eigenvalue weighted by Gasteiger charge is 2.13. The molecular weight excluding hydrogens is 581 g/mol. The van der Waals surface area contributed by atoms with Crippen LogP contribution in [-0.2, 0) is 16.2 Å². The lowest BCUT2D eigenvalue weighted by atomic mass is 10.2. The molecule has 7 nitrogen and oxygen atoms in total. The molecule has 0 unspecified atom stereocenters. The second kappa shape index (κ2) is 12.8. The molecule has 11 heteroatoms. The Morgan fingerprint density at radius 1 is 1.00 bits per heavy atom. The molecule has 0 aromatic heterocycles. The van der Waals surface area contributed by atoms with E-state index in [2.05, 4.69) is 31.8 Å². The molecule has 0 saturated heterocycles. The lowest BCUT2D eigenvalue weighted by Crippen LogP contribution is -2.24. The van der Waals surface area contributed by atoms with Gasteiger partial charge in [-0.15, -0.1) is 0 Å². The van der Waals surface area contributed by atoms with Crippen molar-refractivity contribution in [1.29, 1.82) is 0 Å². The molecule has 2 N–H and O–H groups in total. The van der Waals surface area contributed by atoms with Crippen LogP contribution in [-0.4, -0.2) is 25.1 Å². The first-order valence-electron chi connectivity index (χ1n) is 10.1. The third-order valence-electron chi connectivity index (χ3n) is 4.51. The minimum atomic E-state index is -0.593. The summed E-state index contributed by atoms with van der Waals surface area (Å²) >= 11 is 21.4. The number of hydrogen-bond acceptors (Lipinski definition) is 5. The Morgan fingerprint density at radius 3 is 2.49 bits per heavy atom. The highest BCUT2D eigenvalue weighted by atomic mass is 79.9. The number of ether oxygens (including phenoxy) is 2. The van der Waals surface area contributed by atoms with Crippen molar-refractivity contribution in [2.75, 3.05) is 12.4 Å². The molecule has 0 radical (unpaired) electrons. The summed E-state index contributed by atoms with van der Waals surface area (Å²) < 4.78 is 12.0. The zero-order valence-electron chi connectivity index (χ0n) is 18.3. The molecule has 0 heterocycles. The summed E-state index contributed by atoms with van der Waals surface area (Å²) in [5, 5.41) is 7.72. The number of benzene rings is 3. The molecule has 0 aliphatic carbocycles. The van der Waals surface area contributed by atoms with E-state index in [-0.39, 0.29) is 6.61 Å². The summed E-state index contributed by atoms with van der Waals surface area (Å²) in [4.78, 5) is 24.1. The number of halogens is 4. The van der Waals surface area contributed by atoms with Crippen molar-refractivity contribution in [2.24, 2.45) is 5.10 Å². The van der Waals surface area contributed by atoms with Gasteiger partial charge in [-0.1, -0.05) is 53.0 Å². The lowest BCUT2D eigenvalue weighted by molar-refractivity contribution is -0.126. The van der Waals surface area contributed by atoms with Crippen molar-refractivity contribution >= 4 is 74.4 Å². The maximum Gasteiger partial charge on any atom is 0.249 e. The van der Waals surface area contributed by atoms with Gasteiger partial charge in [0.05, 0.1) is 27.8 Å². The minimum Gasteiger partial charge on any atom is -0.493 e. The Balaban J connectivity index is 1.57. The highest BCUT2D eigenvalue weighted by Crippen LogP contribution is 2.37. The number of rotatable bonds is 9. The van der Waals surface area contributed by atoms with Gasteiger partial charge in [0.1, 0.15) is 13.0 Å². The second-order valence-corrected chi connectivity index (χ2v) is 9.14. The van der Waals surface area contributed by atoms with Crippen LogP contribution in [0.15, 0.2) is 64.2 Å². The smallest absolute Gasteiger partial charge is 0.249 e. The number of methoxy groups -OCH3 is 1. The summed E-state index contributed by atoms with van der Waals surface area (Å²) in [6, 6.07) is 15.4. The molecule has 0 saturated carbocycles. The SMILES string of the molecule is COc1cc(C=NNC(=O)CC(=O)Nc2ccc(Cl)c(Cl)c2)cc(Br)c1OCc1ccccc1Cl. The van der Waals surface area contributed by atoms with E-state index < -0.39 is 18.2 Å². The van der Waals surface area contributed by atoms with Crippen molar-refractivity contribution in [3.63, 3.8) is 0 Å². The number of hydrazone groups is 1. The van der Waals surface area contributed by atoms with Gasteiger partial charge in [-0.25, -0.2) is 5.43 Å². The molecule has 0 bridgehead atoms. The van der Waals surface area contributed by atoms with Gasteiger partial charge < -0.3 is 14.8 Å². The largest absolute Gasteiger partial charge is 0.493 e. The molecule has 0 atom stereocenters. The van der Waals surface area contributed by atoms with Crippen LogP contribution >= 0.6 is 50.7 Å². The fourth-order valence-corrected chi connectivity index (χ4v) is 3.93. The summed E-state index contributed by atoms with van der Waals surface area (Å²) in [6.45, 7) is 0.252. The Bertz CT molecular complexity index is 1270. The van der Waals surface area contributed by atoms with Gasteiger partial charge in [-0.05, 0) is 57.9 Å². The van der Waals surface area contributed by atoms with Crippen LogP contribution in [0.5, 0.6) is 11.5 Å². The van der Waals surface area contributed by atoms with E-state index in [9.17, 15) is 9.59 Å². The Morgan fingerprint density at radius 2 is 1.77 bits per heavy atom. The number of carbonyl (C=O) groups excluding carboxylic acids is 2. The Hall–Kier alpha value is -2.78. The monoisotopic (exact) mass is 597 g/mol. The first-order chi connectivity index (χ1) is 16.8. The molecule has 0 aliphatic rings. The fourth-order valence-electron chi connectivity index (χ4n) is 2.86. The molecule has 2 amide bonds. The number of nitrogens with zero attached hydrogens (tertiary/aromatic N) is 1. The number of hydrogen-bond donors (Lipinski definition) is 2. The minimum absolute atomic E-state index is 0.252. The van der Waals surface area contributed by atoms with Crippen LogP contribution in [0, 0.1) is 0 Å². The average molecular weight is 600 g/mol. The van der Waals surface area contributed by atoms with Gasteiger partial charge in [0.15, 0.2) is 11.5 Å². The zero-order chi connectivity index (χ0) is 25.4. The van der Waals surface area contributed by atoms with Crippen LogP contribution in [0.2, 0.25) is 15.1 Å². The van der Waals surface area contributed by atoms with Crippen molar-refractivity contribution < 1.29 is 19.1 Å². The Labute approximate surface area is 225 Å². The average Bonchev–Trinajstić information content (AvgIpc) is 2.81. The van der Waals surface area contributed by atoms with Gasteiger partial charge in [-0.3, -0.25) is 9.59 Å². The van der Waals surface area contributed by atoms with Crippen LogP contribution in [0.25, 0.3) is 0 Å². The normalized spacial score (nSPS) is 10.8. The molecule has 0 spiro atoms. The fraction of sp³-hybridized carbons (Fsp3) is 0.125. The maximum absolute atomic E-state index is 12.1. The van der Waals surface area contributed by atoms with E-state index in [1.165, 1.54) is 19.4 Å². The predicted molar refractivity (Wildman–Crippen MR) is 142 cm³/mol. The van der Waals surface area contributed by atoms with Crippen molar-refractivity contribution in [3.8, 4) is 11.5 Å². The summed E-state index contributed by atoms with van der Waals surface area (Å²) in [6.07, 6.45) is 0.985. The van der Waals surface area contributed by atoms with Gasteiger partial charge >= 0.3 is 0 Å². The molecule has 0 aliphatic heterocycles. The molecule has 182 valence electrons. The predicted octanol–water partition coefficient (Wildman–Crippen LogP) is 6.48. The Kier molecular flexibility index (Phi) is 9.80. The van der Waals surface area contributed by atoms with Crippen molar-refractivity contribution in [2.45, 2.75) is 13.0 Å². The quantitative estimate of drug-likeness (QED) is 0.168. The third kappa shape index (κ3) is 7.86. The van der Waals surface area contributed by atoms with E-state index >= 15 is 0 Å². The number of nitrogens with one attached hydrogen (secondary N) is 2. The number of anilines is 1. The van der Waals surface area contributed by atoms with E-state index in [0.717, 1.165) is 5.56 Å². The number of amides is 2. The van der Waals surface area contributed by atoms with Crippen molar-refractivity contribution in [3.05, 3.63) is 85.3 Å². The molecular formula is C24H19BrCl3N3O4. The molecule has 0 fully saturated rings. The molecule has 3 aromatic rings. The maximum atomic E-state index is 12.1. The summed E-state index contributed by atoms with van der Waals surface area (Å²) in [7, 11) is 1.51. The summed E-state index contributed by atoms with van der Waals surface area (Å²) in [5.74, 6) is -0.169. The topological polar surface area (TPSA) is 89.0 Å². The molecule has 3 aromatic carbocycles. The van der Waals surface area contributed by atoms with Gasteiger partial charge in [0.2, 0.25) is 11.8 Å². The van der Waals surface area contributed by atoms with Crippen molar-refractivity contribution in [1.82, 2.24) is 5.43 Å². The molecule has 3 rings (SSSR count). The van der Waals surface area contributed by atoms with E-state index in [1.54, 1.807) is 30.3 Å².